The molecule has 0 saturated heterocycles. The summed E-state index contributed by atoms with van der Waals surface area (Å²) in [6.45, 7) is 5.51. The van der Waals surface area contributed by atoms with Gasteiger partial charge in [-0.3, -0.25) is 0 Å². The second-order valence-electron chi connectivity index (χ2n) is 7.25. The van der Waals surface area contributed by atoms with Crippen molar-refractivity contribution in [3.63, 3.8) is 0 Å². The first kappa shape index (κ1) is 22.6. The van der Waals surface area contributed by atoms with Crippen LogP contribution in [0.2, 0.25) is 0 Å². The van der Waals surface area contributed by atoms with Crippen LogP contribution in [0.4, 0.5) is 0 Å². The van der Waals surface area contributed by atoms with Gasteiger partial charge in [-0.05, 0) is 62.7 Å². The van der Waals surface area contributed by atoms with Gasteiger partial charge in [0.25, 0.3) is 0 Å². The molecule has 0 spiro atoms. The molecule has 0 amide bonds. The van der Waals surface area contributed by atoms with E-state index >= 15 is 0 Å². The molecule has 0 radical (unpaired) electrons. The summed E-state index contributed by atoms with van der Waals surface area (Å²) in [4.78, 5) is 25.3. The lowest BCUT2D eigenvalue weighted by Crippen LogP contribution is -2.25. The van der Waals surface area contributed by atoms with E-state index in [0.29, 0.717) is 16.9 Å². The maximum Gasteiger partial charge on any atom is 0.337 e. The predicted octanol–water partition coefficient (Wildman–Crippen LogP) is 5.00. The van der Waals surface area contributed by atoms with E-state index in [2.05, 4.69) is 0 Å². The van der Waals surface area contributed by atoms with Gasteiger partial charge >= 0.3 is 11.9 Å². The number of hydrogen-bond donors (Lipinski definition) is 0. The van der Waals surface area contributed by atoms with Crippen LogP contribution in [0, 0.1) is 0 Å². The highest BCUT2D eigenvalue weighted by Crippen LogP contribution is 2.26. The Morgan fingerprint density at radius 2 is 1.72 bits per heavy atom. The molecule has 0 aliphatic carbocycles. The largest absolute Gasteiger partial charge is 0.497 e. The van der Waals surface area contributed by atoms with E-state index in [0.717, 1.165) is 16.2 Å². The molecule has 0 unspecified atom stereocenters. The van der Waals surface area contributed by atoms with Gasteiger partial charge in [-0.1, -0.05) is 18.2 Å². The minimum Gasteiger partial charge on any atom is -0.497 e. The maximum absolute atomic E-state index is 12.7. The van der Waals surface area contributed by atoms with E-state index in [9.17, 15) is 9.59 Å². The lowest BCUT2D eigenvalue weighted by molar-refractivity contribution is -0.149. The Morgan fingerprint density at radius 3 is 2.31 bits per heavy atom. The van der Waals surface area contributed by atoms with Crippen molar-refractivity contribution in [3.8, 4) is 5.75 Å². The first-order valence-corrected chi connectivity index (χ1v) is 10.1. The normalized spacial score (nSPS) is 11.7. The third-order valence-corrected chi connectivity index (χ3v) is 4.81. The van der Waals surface area contributed by atoms with E-state index < -0.39 is 11.6 Å². The minimum atomic E-state index is -0.592. The van der Waals surface area contributed by atoms with Gasteiger partial charge < -0.3 is 14.2 Å². The molecule has 2 aromatic carbocycles. The van der Waals surface area contributed by atoms with Gasteiger partial charge in [0.2, 0.25) is 0 Å². The van der Waals surface area contributed by atoms with Gasteiger partial charge in [0.1, 0.15) is 11.4 Å². The van der Waals surface area contributed by atoms with Crippen molar-refractivity contribution in [3.05, 3.63) is 65.2 Å². The quantitative estimate of drug-likeness (QED) is 0.361. The third-order valence-electron chi connectivity index (χ3n) is 3.77. The molecule has 0 aliphatic rings. The predicted molar refractivity (Wildman–Crippen MR) is 115 cm³/mol. The molecule has 0 saturated carbocycles. The van der Waals surface area contributed by atoms with Crippen molar-refractivity contribution in [2.75, 3.05) is 20.0 Å². The first-order chi connectivity index (χ1) is 13.7. The molecular weight excluding hydrogens is 388 g/mol. The first-order valence-electron chi connectivity index (χ1n) is 9.11. The molecule has 6 heteroatoms. The Morgan fingerprint density at radius 1 is 1.03 bits per heavy atom. The number of ether oxygens (including phenoxy) is 3. The Kier molecular flexibility index (Phi) is 7.91. The molecule has 0 atom stereocenters. The van der Waals surface area contributed by atoms with E-state index in [4.69, 9.17) is 14.2 Å². The zero-order valence-electron chi connectivity index (χ0n) is 17.4. The summed E-state index contributed by atoms with van der Waals surface area (Å²) in [5, 5.41) is 0. The van der Waals surface area contributed by atoms with Gasteiger partial charge in [0.15, 0.2) is 0 Å². The van der Waals surface area contributed by atoms with Crippen molar-refractivity contribution in [2.24, 2.45) is 0 Å². The summed E-state index contributed by atoms with van der Waals surface area (Å²) >= 11 is 1.52. The number of rotatable bonds is 7. The van der Waals surface area contributed by atoms with Crippen molar-refractivity contribution in [1.29, 1.82) is 0 Å². The van der Waals surface area contributed by atoms with Crippen molar-refractivity contribution in [2.45, 2.75) is 31.3 Å². The van der Waals surface area contributed by atoms with Crippen LogP contribution >= 0.6 is 11.8 Å². The lowest BCUT2D eigenvalue weighted by Gasteiger charge is -2.20. The fraction of sp³-hybridized carbons (Fsp3) is 0.304. The van der Waals surface area contributed by atoms with E-state index in [1.54, 1.807) is 37.5 Å². The fourth-order valence-corrected chi connectivity index (χ4v) is 3.29. The molecule has 0 heterocycles. The molecule has 0 aliphatic heterocycles. The average molecular weight is 415 g/mol. The van der Waals surface area contributed by atoms with Crippen LogP contribution in [0.1, 0.15) is 36.7 Å². The van der Waals surface area contributed by atoms with Crippen LogP contribution in [0.3, 0.4) is 0 Å². The van der Waals surface area contributed by atoms with Crippen molar-refractivity contribution in [1.82, 2.24) is 0 Å². The fourth-order valence-electron chi connectivity index (χ4n) is 2.39. The summed E-state index contributed by atoms with van der Waals surface area (Å²) in [7, 11) is 2.96. The third kappa shape index (κ3) is 7.31. The van der Waals surface area contributed by atoms with Crippen LogP contribution in [0.5, 0.6) is 5.75 Å². The van der Waals surface area contributed by atoms with Crippen molar-refractivity contribution >= 4 is 29.8 Å². The zero-order valence-corrected chi connectivity index (χ0v) is 18.2. The maximum atomic E-state index is 12.7. The topological polar surface area (TPSA) is 61.8 Å². The molecule has 0 bridgehead atoms. The molecular formula is C23H26O5S. The number of methoxy groups -OCH3 is 2. The number of esters is 2. The second kappa shape index (κ2) is 10.2. The summed E-state index contributed by atoms with van der Waals surface area (Å²) in [5.41, 5.74) is 1.18. The number of carbonyl (C=O) groups excluding carboxylic acids is 2. The van der Waals surface area contributed by atoms with Gasteiger partial charge in [-0.15, -0.1) is 11.8 Å². The van der Waals surface area contributed by atoms with Crippen molar-refractivity contribution < 1.29 is 23.8 Å². The average Bonchev–Trinajstić information content (AvgIpc) is 2.69. The van der Waals surface area contributed by atoms with E-state index in [1.807, 2.05) is 45.0 Å². The monoisotopic (exact) mass is 414 g/mol. The number of benzene rings is 2. The van der Waals surface area contributed by atoms with Gasteiger partial charge in [0.05, 0.1) is 19.8 Å². The summed E-state index contributed by atoms with van der Waals surface area (Å²) < 4.78 is 15.5. The molecule has 0 N–H and O–H groups in total. The number of hydrogen-bond acceptors (Lipinski definition) is 6. The number of thioether (sulfide) groups is 1. The highest BCUT2D eigenvalue weighted by Gasteiger charge is 2.20. The Labute approximate surface area is 176 Å². The molecule has 2 rings (SSSR count). The highest BCUT2D eigenvalue weighted by atomic mass is 32.2. The molecule has 0 fully saturated rings. The van der Waals surface area contributed by atoms with Gasteiger partial charge in [-0.2, -0.15) is 0 Å². The van der Waals surface area contributed by atoms with Gasteiger partial charge in [-0.25, -0.2) is 9.59 Å². The second-order valence-corrected chi connectivity index (χ2v) is 8.30. The molecule has 2 aromatic rings. The molecule has 29 heavy (non-hydrogen) atoms. The van der Waals surface area contributed by atoms with Gasteiger partial charge in [0, 0.05) is 16.2 Å². The summed E-state index contributed by atoms with van der Waals surface area (Å²) in [6, 6.07) is 14.5. The van der Waals surface area contributed by atoms with Crippen LogP contribution in [-0.4, -0.2) is 37.5 Å². The Hall–Kier alpha value is -2.73. The SMILES string of the molecule is COC(=O)c1ccc(C=C(CSc2cccc(OC)c2)C(=O)OC(C)(C)C)cc1. The van der Waals surface area contributed by atoms with Crippen LogP contribution < -0.4 is 4.74 Å². The Balaban J connectivity index is 2.25. The summed E-state index contributed by atoms with van der Waals surface area (Å²) in [6.07, 6.45) is 1.78. The molecule has 154 valence electrons. The van der Waals surface area contributed by atoms with Crippen LogP contribution in [0.15, 0.2) is 59.0 Å². The van der Waals surface area contributed by atoms with Crippen LogP contribution in [-0.2, 0) is 14.3 Å². The smallest absolute Gasteiger partial charge is 0.337 e. The Bertz CT molecular complexity index is 879. The standard InChI is InChI=1S/C23H26O5S/c1-23(2,3)28-22(25)18(15-29-20-8-6-7-19(14-20)26-4)13-16-9-11-17(12-10-16)21(24)27-5/h6-14H,15H2,1-5H3. The van der Waals surface area contributed by atoms with E-state index in [-0.39, 0.29) is 5.97 Å². The minimum absolute atomic E-state index is 0.370. The highest BCUT2D eigenvalue weighted by molar-refractivity contribution is 7.99. The van der Waals surface area contributed by atoms with Crippen LogP contribution in [0.25, 0.3) is 6.08 Å². The zero-order chi connectivity index (χ0) is 21.4. The number of carbonyl (C=O) groups is 2. The molecule has 5 nitrogen and oxygen atoms in total. The van der Waals surface area contributed by atoms with E-state index in [1.165, 1.54) is 18.9 Å². The molecule has 0 aromatic heterocycles. The lowest BCUT2D eigenvalue weighted by atomic mass is 10.1. The summed E-state index contributed by atoms with van der Waals surface area (Å²) in [5.74, 6) is 0.420.